The minimum absolute atomic E-state index is 0.0464. The summed E-state index contributed by atoms with van der Waals surface area (Å²) in [6.45, 7) is 0. The quantitative estimate of drug-likeness (QED) is 0.737. The van der Waals surface area contributed by atoms with Crippen molar-refractivity contribution < 1.29 is 0 Å². The fourth-order valence-electron chi connectivity index (χ4n) is 1.50. The molecule has 0 aliphatic rings. The van der Waals surface area contributed by atoms with Gasteiger partial charge in [0.25, 0.3) is 5.56 Å². The molecule has 0 fully saturated rings. The Bertz CT molecular complexity index is 528. The topological polar surface area (TPSA) is 34.0 Å². The third-order valence-corrected chi connectivity index (χ3v) is 2.37. The molecule has 0 spiro atoms. The lowest BCUT2D eigenvalue weighted by atomic mass is 10.1. The van der Waals surface area contributed by atoms with Gasteiger partial charge in [-0.3, -0.25) is 4.79 Å². The van der Waals surface area contributed by atoms with Crippen molar-refractivity contribution in [3.8, 4) is 0 Å². The molecule has 0 aliphatic carbocycles. The molecular formula is C11H12N2O. The molecule has 3 heteroatoms. The van der Waals surface area contributed by atoms with Crippen LogP contribution in [0.3, 0.4) is 0 Å². The van der Waals surface area contributed by atoms with Gasteiger partial charge in [0.15, 0.2) is 0 Å². The number of nitrogens with one attached hydrogen (secondary N) is 1. The molecule has 0 saturated heterocycles. The molecule has 72 valence electrons. The van der Waals surface area contributed by atoms with E-state index in [0.29, 0.717) is 0 Å². The van der Waals surface area contributed by atoms with Gasteiger partial charge < -0.3 is 9.88 Å². The van der Waals surface area contributed by atoms with Crippen LogP contribution in [-0.2, 0) is 7.05 Å². The lowest BCUT2D eigenvalue weighted by Gasteiger charge is -2.03. The van der Waals surface area contributed by atoms with Crippen molar-refractivity contribution in [1.29, 1.82) is 0 Å². The van der Waals surface area contributed by atoms with Crippen LogP contribution in [0.5, 0.6) is 0 Å². The summed E-state index contributed by atoms with van der Waals surface area (Å²) >= 11 is 0. The van der Waals surface area contributed by atoms with Crippen LogP contribution < -0.4 is 10.9 Å². The van der Waals surface area contributed by atoms with E-state index in [2.05, 4.69) is 5.32 Å². The summed E-state index contributed by atoms with van der Waals surface area (Å²) in [7, 11) is 3.62. The van der Waals surface area contributed by atoms with Crippen LogP contribution in [0.25, 0.3) is 10.8 Å². The molecule has 0 aliphatic heterocycles. The number of hydrogen-bond donors (Lipinski definition) is 1. The molecule has 0 unspecified atom stereocenters. The van der Waals surface area contributed by atoms with Crippen LogP contribution in [0.1, 0.15) is 0 Å². The Kier molecular flexibility index (Phi) is 2.00. The first kappa shape index (κ1) is 8.81. The molecule has 2 aromatic rings. The monoisotopic (exact) mass is 188 g/mol. The fourth-order valence-corrected chi connectivity index (χ4v) is 1.50. The van der Waals surface area contributed by atoms with Gasteiger partial charge >= 0.3 is 0 Å². The van der Waals surface area contributed by atoms with E-state index in [9.17, 15) is 4.79 Å². The number of pyridine rings is 1. The second-order valence-electron chi connectivity index (χ2n) is 3.28. The average molecular weight is 188 g/mol. The van der Waals surface area contributed by atoms with Crippen molar-refractivity contribution >= 4 is 16.5 Å². The van der Waals surface area contributed by atoms with Gasteiger partial charge in [-0.05, 0) is 29.7 Å². The largest absolute Gasteiger partial charge is 0.388 e. The first-order valence-electron chi connectivity index (χ1n) is 4.49. The Balaban J connectivity index is 2.81. The van der Waals surface area contributed by atoms with Crippen LogP contribution >= 0.6 is 0 Å². The van der Waals surface area contributed by atoms with Crippen LogP contribution in [0.2, 0.25) is 0 Å². The molecule has 2 rings (SSSR count). The maximum atomic E-state index is 11.7. The molecule has 14 heavy (non-hydrogen) atoms. The number of nitrogens with zero attached hydrogens (tertiary/aromatic N) is 1. The Hall–Kier alpha value is -1.77. The zero-order chi connectivity index (χ0) is 10.1. The molecule has 1 heterocycles. The molecule has 0 bridgehead atoms. The first-order chi connectivity index (χ1) is 6.72. The van der Waals surface area contributed by atoms with Crippen molar-refractivity contribution in [3.05, 3.63) is 40.8 Å². The number of benzene rings is 1. The second-order valence-corrected chi connectivity index (χ2v) is 3.28. The van der Waals surface area contributed by atoms with Crippen LogP contribution in [0.15, 0.2) is 35.3 Å². The summed E-state index contributed by atoms with van der Waals surface area (Å²) in [6.07, 6.45) is 1.78. The highest BCUT2D eigenvalue weighted by Crippen LogP contribution is 2.15. The maximum absolute atomic E-state index is 11.7. The summed E-state index contributed by atoms with van der Waals surface area (Å²) < 4.78 is 1.58. The Morgan fingerprint density at radius 1 is 1.29 bits per heavy atom. The predicted octanol–water partition coefficient (Wildman–Crippen LogP) is 1.58. The van der Waals surface area contributed by atoms with Crippen molar-refractivity contribution in [3.63, 3.8) is 0 Å². The van der Waals surface area contributed by atoms with Gasteiger partial charge in [-0.1, -0.05) is 0 Å². The van der Waals surface area contributed by atoms with E-state index in [1.165, 1.54) is 0 Å². The van der Waals surface area contributed by atoms with Gasteiger partial charge in [0.2, 0.25) is 0 Å². The van der Waals surface area contributed by atoms with Gasteiger partial charge in [-0.15, -0.1) is 0 Å². The fraction of sp³-hybridized carbons (Fsp3) is 0.182. The summed E-state index contributed by atoms with van der Waals surface area (Å²) in [6, 6.07) is 7.67. The Morgan fingerprint density at radius 3 is 2.79 bits per heavy atom. The van der Waals surface area contributed by atoms with E-state index in [1.54, 1.807) is 17.8 Å². The number of anilines is 1. The van der Waals surface area contributed by atoms with Crippen molar-refractivity contribution in [1.82, 2.24) is 4.57 Å². The minimum Gasteiger partial charge on any atom is -0.388 e. The SMILES string of the molecule is CNc1ccc2c(=O)n(C)ccc2c1. The average Bonchev–Trinajstić information content (AvgIpc) is 2.23. The smallest absolute Gasteiger partial charge is 0.258 e. The van der Waals surface area contributed by atoms with Gasteiger partial charge in [0.1, 0.15) is 0 Å². The van der Waals surface area contributed by atoms with E-state index in [1.807, 2.05) is 31.3 Å². The van der Waals surface area contributed by atoms with Crippen molar-refractivity contribution in [2.75, 3.05) is 12.4 Å². The number of hydrogen-bond acceptors (Lipinski definition) is 2. The highest BCUT2D eigenvalue weighted by Gasteiger charge is 1.99. The number of fused-ring (bicyclic) bond motifs is 1. The molecule has 3 nitrogen and oxygen atoms in total. The maximum Gasteiger partial charge on any atom is 0.258 e. The molecule has 0 amide bonds. The number of rotatable bonds is 1. The minimum atomic E-state index is 0.0464. The lowest BCUT2D eigenvalue weighted by molar-refractivity contribution is 0.873. The Morgan fingerprint density at radius 2 is 2.07 bits per heavy atom. The normalized spacial score (nSPS) is 10.4. The molecular weight excluding hydrogens is 176 g/mol. The Labute approximate surface area is 82.0 Å². The summed E-state index contributed by atoms with van der Waals surface area (Å²) in [5.41, 5.74) is 1.07. The highest BCUT2D eigenvalue weighted by atomic mass is 16.1. The van der Waals surface area contributed by atoms with Crippen molar-refractivity contribution in [2.24, 2.45) is 7.05 Å². The van der Waals surface area contributed by atoms with E-state index in [-0.39, 0.29) is 5.56 Å². The predicted molar refractivity (Wildman–Crippen MR) is 58.7 cm³/mol. The first-order valence-corrected chi connectivity index (χ1v) is 4.49. The van der Waals surface area contributed by atoms with E-state index in [4.69, 9.17) is 0 Å². The van der Waals surface area contributed by atoms with Gasteiger partial charge in [-0.2, -0.15) is 0 Å². The lowest BCUT2D eigenvalue weighted by Crippen LogP contribution is -2.15. The molecule has 1 aromatic carbocycles. The molecule has 0 radical (unpaired) electrons. The second kappa shape index (κ2) is 3.18. The zero-order valence-corrected chi connectivity index (χ0v) is 8.24. The number of aromatic nitrogens is 1. The van der Waals surface area contributed by atoms with Gasteiger partial charge in [0.05, 0.1) is 0 Å². The molecule has 0 saturated carbocycles. The van der Waals surface area contributed by atoms with Gasteiger partial charge in [0, 0.05) is 31.4 Å². The van der Waals surface area contributed by atoms with Crippen molar-refractivity contribution in [2.45, 2.75) is 0 Å². The highest BCUT2D eigenvalue weighted by molar-refractivity contribution is 5.84. The van der Waals surface area contributed by atoms with E-state index < -0.39 is 0 Å². The summed E-state index contributed by atoms with van der Waals surface area (Å²) in [5.74, 6) is 0. The standard InChI is InChI=1S/C11H12N2O/c1-12-9-3-4-10-8(7-9)5-6-13(2)11(10)14/h3-7,12H,1-2H3. The van der Waals surface area contributed by atoms with Crippen LogP contribution in [-0.4, -0.2) is 11.6 Å². The zero-order valence-electron chi connectivity index (χ0n) is 8.24. The molecule has 0 atom stereocenters. The third-order valence-electron chi connectivity index (χ3n) is 2.37. The van der Waals surface area contributed by atoms with Crippen LogP contribution in [0.4, 0.5) is 5.69 Å². The van der Waals surface area contributed by atoms with E-state index in [0.717, 1.165) is 16.5 Å². The summed E-state index contributed by atoms with van der Waals surface area (Å²) in [5, 5.41) is 4.77. The van der Waals surface area contributed by atoms with E-state index >= 15 is 0 Å². The van der Waals surface area contributed by atoms with Gasteiger partial charge in [-0.25, -0.2) is 0 Å². The van der Waals surface area contributed by atoms with Crippen LogP contribution in [0, 0.1) is 0 Å². The third kappa shape index (κ3) is 1.27. The summed E-state index contributed by atoms with van der Waals surface area (Å²) in [4.78, 5) is 11.7. The molecule has 1 aromatic heterocycles. The number of aryl methyl sites for hydroxylation is 1. The molecule has 1 N–H and O–H groups in total.